The Kier molecular flexibility index (Phi) is 3.52. The third-order valence-electron chi connectivity index (χ3n) is 5.97. The molecule has 3 nitrogen and oxygen atoms in total. The maximum atomic E-state index is 6.33. The highest BCUT2D eigenvalue weighted by Gasteiger charge is 2.47. The predicted molar refractivity (Wildman–Crippen MR) is 84.3 cm³/mol. The summed E-state index contributed by atoms with van der Waals surface area (Å²) < 4.78 is 6.00. The Hall–Kier alpha value is -0.900. The van der Waals surface area contributed by atoms with Gasteiger partial charge >= 0.3 is 0 Å². The number of morpholine rings is 1. The van der Waals surface area contributed by atoms with Gasteiger partial charge in [0.15, 0.2) is 0 Å². The number of nitrogens with two attached hydrogens (primary N) is 1. The molecule has 1 aromatic carbocycles. The number of fused-ring (bicyclic) bond motifs is 2. The van der Waals surface area contributed by atoms with Gasteiger partial charge in [0.2, 0.25) is 0 Å². The van der Waals surface area contributed by atoms with Gasteiger partial charge in [0, 0.05) is 24.7 Å². The monoisotopic (exact) mass is 286 g/mol. The van der Waals surface area contributed by atoms with E-state index < -0.39 is 0 Å². The molecule has 0 radical (unpaired) electrons. The van der Waals surface area contributed by atoms with Crippen molar-refractivity contribution in [2.75, 3.05) is 19.7 Å². The molecule has 114 valence electrons. The van der Waals surface area contributed by atoms with E-state index in [1.807, 2.05) is 0 Å². The highest BCUT2D eigenvalue weighted by atomic mass is 16.5. The van der Waals surface area contributed by atoms with Crippen LogP contribution in [-0.2, 0) is 17.6 Å². The molecule has 1 aromatic rings. The fourth-order valence-electron chi connectivity index (χ4n) is 4.84. The number of benzene rings is 1. The van der Waals surface area contributed by atoms with Gasteiger partial charge in [-0.25, -0.2) is 0 Å². The first-order chi connectivity index (χ1) is 10.3. The van der Waals surface area contributed by atoms with Crippen LogP contribution in [0.3, 0.4) is 0 Å². The third kappa shape index (κ3) is 2.23. The molecule has 2 fully saturated rings. The van der Waals surface area contributed by atoms with Crippen LogP contribution in [0.4, 0.5) is 0 Å². The van der Waals surface area contributed by atoms with Gasteiger partial charge in [-0.15, -0.1) is 0 Å². The standard InChI is InChI=1S/C18H26N2O/c19-13-18(9-8-14-4-1-2-5-15(14)12-18)20-10-11-21-17-7-3-6-16(17)20/h1-2,4-5,16-17H,3,6-13,19H2. The van der Waals surface area contributed by atoms with Crippen LogP contribution in [0.15, 0.2) is 24.3 Å². The van der Waals surface area contributed by atoms with E-state index in [1.54, 1.807) is 0 Å². The van der Waals surface area contributed by atoms with Gasteiger partial charge in [-0.05, 0) is 49.7 Å². The van der Waals surface area contributed by atoms with E-state index in [1.165, 1.54) is 43.2 Å². The molecule has 3 heteroatoms. The minimum absolute atomic E-state index is 0.158. The number of ether oxygens (including phenoxy) is 1. The van der Waals surface area contributed by atoms with E-state index >= 15 is 0 Å². The fourth-order valence-corrected chi connectivity index (χ4v) is 4.84. The lowest BCUT2D eigenvalue weighted by atomic mass is 9.75. The minimum Gasteiger partial charge on any atom is -0.375 e. The van der Waals surface area contributed by atoms with Crippen molar-refractivity contribution in [2.45, 2.75) is 56.2 Å². The molecule has 3 aliphatic rings. The van der Waals surface area contributed by atoms with Crippen LogP contribution < -0.4 is 5.73 Å². The molecule has 2 aliphatic carbocycles. The van der Waals surface area contributed by atoms with Crippen molar-refractivity contribution in [3.8, 4) is 0 Å². The first-order valence-corrected chi connectivity index (χ1v) is 8.48. The van der Waals surface area contributed by atoms with Crippen LogP contribution >= 0.6 is 0 Å². The van der Waals surface area contributed by atoms with Gasteiger partial charge in [0.1, 0.15) is 0 Å². The summed E-state index contributed by atoms with van der Waals surface area (Å²) in [5.41, 5.74) is 9.52. The van der Waals surface area contributed by atoms with Crippen molar-refractivity contribution in [3.63, 3.8) is 0 Å². The zero-order chi connectivity index (χ0) is 14.3. The van der Waals surface area contributed by atoms with Crippen molar-refractivity contribution in [1.29, 1.82) is 0 Å². The molecule has 21 heavy (non-hydrogen) atoms. The van der Waals surface area contributed by atoms with Crippen molar-refractivity contribution >= 4 is 0 Å². The molecule has 0 bridgehead atoms. The van der Waals surface area contributed by atoms with Crippen LogP contribution in [0.5, 0.6) is 0 Å². The summed E-state index contributed by atoms with van der Waals surface area (Å²) in [6, 6.07) is 9.52. The Morgan fingerprint density at radius 2 is 2.10 bits per heavy atom. The van der Waals surface area contributed by atoms with E-state index in [0.717, 1.165) is 26.1 Å². The fraction of sp³-hybridized carbons (Fsp3) is 0.667. The van der Waals surface area contributed by atoms with Crippen molar-refractivity contribution in [2.24, 2.45) is 5.73 Å². The first kappa shape index (κ1) is 13.7. The maximum Gasteiger partial charge on any atom is 0.0731 e. The molecule has 1 saturated heterocycles. The first-order valence-electron chi connectivity index (χ1n) is 8.48. The van der Waals surface area contributed by atoms with E-state index in [9.17, 15) is 0 Å². The number of nitrogens with zero attached hydrogens (tertiary/aromatic N) is 1. The molecular weight excluding hydrogens is 260 g/mol. The summed E-state index contributed by atoms with van der Waals surface area (Å²) in [6.45, 7) is 2.70. The van der Waals surface area contributed by atoms with Crippen LogP contribution in [0, 0.1) is 0 Å². The minimum atomic E-state index is 0.158. The van der Waals surface area contributed by atoms with E-state index in [-0.39, 0.29) is 5.54 Å². The average Bonchev–Trinajstić information content (AvgIpc) is 3.03. The van der Waals surface area contributed by atoms with E-state index in [0.29, 0.717) is 12.1 Å². The highest BCUT2D eigenvalue weighted by Crippen LogP contribution is 2.39. The Balaban J connectivity index is 1.65. The second-order valence-electron chi connectivity index (χ2n) is 6.97. The predicted octanol–water partition coefficient (Wildman–Crippen LogP) is 2.13. The number of rotatable bonds is 2. The molecule has 0 amide bonds. The van der Waals surface area contributed by atoms with Crippen LogP contribution in [0.2, 0.25) is 0 Å². The Morgan fingerprint density at radius 3 is 2.95 bits per heavy atom. The summed E-state index contributed by atoms with van der Waals surface area (Å²) in [7, 11) is 0. The second-order valence-corrected chi connectivity index (χ2v) is 6.97. The van der Waals surface area contributed by atoms with Gasteiger partial charge in [-0.1, -0.05) is 24.3 Å². The second kappa shape index (κ2) is 5.38. The van der Waals surface area contributed by atoms with Crippen molar-refractivity contribution < 1.29 is 4.74 Å². The molecule has 1 saturated carbocycles. The number of hydrogen-bond acceptors (Lipinski definition) is 3. The third-order valence-corrected chi connectivity index (χ3v) is 5.97. The van der Waals surface area contributed by atoms with Gasteiger partial charge in [0.05, 0.1) is 12.7 Å². The number of hydrogen-bond donors (Lipinski definition) is 1. The smallest absolute Gasteiger partial charge is 0.0731 e. The van der Waals surface area contributed by atoms with Gasteiger partial charge in [0.25, 0.3) is 0 Å². The lowest BCUT2D eigenvalue weighted by Crippen LogP contribution is -2.64. The lowest BCUT2D eigenvalue weighted by molar-refractivity contribution is -0.101. The van der Waals surface area contributed by atoms with Gasteiger partial charge < -0.3 is 10.5 Å². The molecule has 3 atom stereocenters. The van der Waals surface area contributed by atoms with Gasteiger partial charge in [-0.2, -0.15) is 0 Å². The van der Waals surface area contributed by atoms with Crippen molar-refractivity contribution in [1.82, 2.24) is 4.90 Å². The Bertz CT molecular complexity index is 518. The molecule has 3 unspecified atom stereocenters. The van der Waals surface area contributed by atoms with Crippen molar-refractivity contribution in [3.05, 3.63) is 35.4 Å². The summed E-state index contributed by atoms with van der Waals surface area (Å²) in [6.07, 6.45) is 7.77. The maximum absolute atomic E-state index is 6.33. The quantitative estimate of drug-likeness (QED) is 0.905. The molecular formula is C18H26N2O. The molecule has 0 aromatic heterocycles. The van der Waals surface area contributed by atoms with E-state index in [2.05, 4.69) is 29.2 Å². The topological polar surface area (TPSA) is 38.5 Å². The highest BCUT2D eigenvalue weighted by molar-refractivity contribution is 5.32. The zero-order valence-corrected chi connectivity index (χ0v) is 12.8. The average molecular weight is 286 g/mol. The summed E-state index contributed by atoms with van der Waals surface area (Å²) in [4.78, 5) is 2.74. The summed E-state index contributed by atoms with van der Waals surface area (Å²) >= 11 is 0. The largest absolute Gasteiger partial charge is 0.375 e. The molecule has 0 spiro atoms. The normalized spacial score (nSPS) is 36.2. The van der Waals surface area contributed by atoms with Crippen LogP contribution in [0.1, 0.15) is 36.8 Å². The Morgan fingerprint density at radius 1 is 1.24 bits per heavy atom. The van der Waals surface area contributed by atoms with Crippen LogP contribution in [-0.4, -0.2) is 42.3 Å². The van der Waals surface area contributed by atoms with Gasteiger partial charge in [-0.3, -0.25) is 4.90 Å². The molecule has 4 rings (SSSR count). The zero-order valence-electron chi connectivity index (χ0n) is 12.8. The Labute approximate surface area is 127 Å². The summed E-state index contributed by atoms with van der Waals surface area (Å²) in [5, 5.41) is 0. The molecule has 2 N–H and O–H groups in total. The molecule has 1 aliphatic heterocycles. The SMILES string of the molecule is NCC1(N2CCOC3CCCC32)CCc2ccccc2C1. The summed E-state index contributed by atoms with van der Waals surface area (Å²) in [5.74, 6) is 0. The lowest BCUT2D eigenvalue weighted by Gasteiger charge is -2.52. The number of aryl methyl sites for hydroxylation is 1. The molecule has 1 heterocycles. The van der Waals surface area contributed by atoms with Crippen LogP contribution in [0.25, 0.3) is 0 Å². The van der Waals surface area contributed by atoms with E-state index in [4.69, 9.17) is 10.5 Å².